The van der Waals surface area contributed by atoms with Crippen LogP contribution in [0.1, 0.15) is 76.2 Å². The van der Waals surface area contributed by atoms with Crippen molar-refractivity contribution < 1.29 is 14.7 Å². The molecule has 7 nitrogen and oxygen atoms in total. The van der Waals surface area contributed by atoms with E-state index in [1.165, 1.54) is 55.5 Å². The van der Waals surface area contributed by atoms with Gasteiger partial charge in [0.15, 0.2) is 0 Å². The number of amides is 1. The van der Waals surface area contributed by atoms with E-state index >= 15 is 0 Å². The fourth-order valence-electron chi connectivity index (χ4n) is 3.15. The molecule has 1 unspecified atom stereocenters. The minimum atomic E-state index is -1.03. The van der Waals surface area contributed by atoms with Gasteiger partial charge in [-0.05, 0) is 38.9 Å². The van der Waals surface area contributed by atoms with Crippen molar-refractivity contribution in [1.29, 1.82) is 0 Å². The van der Waals surface area contributed by atoms with Gasteiger partial charge in [-0.2, -0.15) is 5.10 Å². The number of hydrogen-bond acceptors (Lipinski definition) is 4. The zero-order valence-corrected chi connectivity index (χ0v) is 17.1. The van der Waals surface area contributed by atoms with E-state index in [1.807, 2.05) is 6.92 Å². The summed E-state index contributed by atoms with van der Waals surface area (Å²) in [7, 11) is 0. The minimum Gasteiger partial charge on any atom is -0.477 e. The van der Waals surface area contributed by atoms with Crippen LogP contribution in [-0.4, -0.2) is 57.3 Å². The number of aromatic carboxylic acids is 1. The molecule has 7 heteroatoms. The van der Waals surface area contributed by atoms with Crippen LogP contribution in [0.25, 0.3) is 0 Å². The first-order valence-corrected chi connectivity index (χ1v) is 10.2. The molecule has 1 atom stereocenters. The molecule has 0 aromatic carbocycles. The number of aryl methyl sites for hydroxylation is 1. The molecule has 0 aliphatic rings. The number of hydrogen-bond donors (Lipinski definition) is 2. The van der Waals surface area contributed by atoms with Gasteiger partial charge in [-0.1, -0.05) is 39.5 Å². The lowest BCUT2D eigenvalue weighted by Crippen LogP contribution is -2.43. The summed E-state index contributed by atoms with van der Waals surface area (Å²) in [6.07, 6.45) is 8.94. The smallest absolute Gasteiger partial charge is 0.354 e. The van der Waals surface area contributed by atoms with Crippen LogP contribution in [0, 0.1) is 0 Å². The van der Waals surface area contributed by atoms with E-state index in [9.17, 15) is 9.59 Å². The SMILES string of the molecule is CCCCCN(CCCCC)CC(C)NC(=O)CCn1nccc1C(=O)O. The Labute approximate surface area is 163 Å². The molecule has 1 aromatic heterocycles. The Morgan fingerprint density at radius 1 is 1.19 bits per heavy atom. The average molecular weight is 381 g/mol. The van der Waals surface area contributed by atoms with Crippen LogP contribution in [0.15, 0.2) is 12.3 Å². The zero-order valence-electron chi connectivity index (χ0n) is 17.1. The molecule has 0 aliphatic carbocycles. The molecule has 0 bridgehead atoms. The summed E-state index contributed by atoms with van der Waals surface area (Å²) < 4.78 is 1.36. The highest BCUT2D eigenvalue weighted by atomic mass is 16.4. The van der Waals surface area contributed by atoms with E-state index in [-0.39, 0.29) is 30.6 Å². The average Bonchev–Trinajstić information content (AvgIpc) is 3.09. The second-order valence-corrected chi connectivity index (χ2v) is 7.18. The molecule has 1 heterocycles. The monoisotopic (exact) mass is 380 g/mol. The second-order valence-electron chi connectivity index (χ2n) is 7.18. The molecule has 1 rings (SSSR count). The van der Waals surface area contributed by atoms with Crippen LogP contribution in [-0.2, 0) is 11.3 Å². The predicted octanol–water partition coefficient (Wildman–Crippen LogP) is 3.16. The van der Waals surface area contributed by atoms with E-state index in [0.717, 1.165) is 19.6 Å². The standard InChI is InChI=1S/C20H36N4O3/c1-4-6-8-13-23(14-9-7-5-2)16-17(3)22-19(25)11-15-24-18(20(26)27)10-12-21-24/h10,12,17H,4-9,11,13-16H2,1-3H3,(H,22,25)(H,26,27). The molecule has 1 aromatic rings. The second kappa shape index (κ2) is 13.3. The zero-order chi connectivity index (χ0) is 20.1. The Morgan fingerprint density at radius 2 is 1.81 bits per heavy atom. The van der Waals surface area contributed by atoms with Crippen molar-refractivity contribution in [2.24, 2.45) is 0 Å². The summed E-state index contributed by atoms with van der Waals surface area (Å²) in [6.45, 7) is 9.71. The van der Waals surface area contributed by atoms with Crippen molar-refractivity contribution in [2.75, 3.05) is 19.6 Å². The van der Waals surface area contributed by atoms with Gasteiger partial charge >= 0.3 is 5.97 Å². The van der Waals surface area contributed by atoms with Gasteiger partial charge in [0.05, 0.1) is 6.54 Å². The molecule has 0 spiro atoms. The van der Waals surface area contributed by atoms with Crippen LogP contribution in [0.3, 0.4) is 0 Å². The summed E-state index contributed by atoms with van der Waals surface area (Å²) in [4.78, 5) is 25.7. The van der Waals surface area contributed by atoms with Crippen LogP contribution in [0.2, 0.25) is 0 Å². The lowest BCUT2D eigenvalue weighted by Gasteiger charge is -2.26. The molecule has 0 saturated heterocycles. The molecule has 0 aliphatic heterocycles. The summed E-state index contributed by atoms with van der Waals surface area (Å²) in [5, 5.41) is 16.1. The van der Waals surface area contributed by atoms with Gasteiger partial charge in [0.1, 0.15) is 5.69 Å². The fourth-order valence-corrected chi connectivity index (χ4v) is 3.15. The van der Waals surface area contributed by atoms with Crippen molar-refractivity contribution in [1.82, 2.24) is 20.0 Å². The number of carboxylic acid groups (broad SMARTS) is 1. The Bertz CT molecular complexity index is 549. The van der Waals surface area contributed by atoms with Gasteiger partial charge in [0.2, 0.25) is 5.91 Å². The Balaban J connectivity index is 2.41. The maximum absolute atomic E-state index is 12.2. The molecule has 27 heavy (non-hydrogen) atoms. The van der Waals surface area contributed by atoms with Crippen molar-refractivity contribution in [2.45, 2.75) is 78.3 Å². The predicted molar refractivity (Wildman–Crippen MR) is 107 cm³/mol. The van der Waals surface area contributed by atoms with E-state index in [0.29, 0.717) is 0 Å². The van der Waals surface area contributed by atoms with Gasteiger partial charge in [0.25, 0.3) is 0 Å². The van der Waals surface area contributed by atoms with E-state index < -0.39 is 5.97 Å². The Morgan fingerprint density at radius 3 is 2.37 bits per heavy atom. The van der Waals surface area contributed by atoms with Crippen molar-refractivity contribution in [3.8, 4) is 0 Å². The maximum atomic E-state index is 12.2. The van der Waals surface area contributed by atoms with Crippen LogP contribution >= 0.6 is 0 Å². The summed E-state index contributed by atoms with van der Waals surface area (Å²) >= 11 is 0. The van der Waals surface area contributed by atoms with Crippen molar-refractivity contribution >= 4 is 11.9 Å². The summed E-state index contributed by atoms with van der Waals surface area (Å²) in [6, 6.07) is 1.50. The maximum Gasteiger partial charge on any atom is 0.354 e. The number of nitrogens with one attached hydrogen (secondary N) is 1. The first-order valence-electron chi connectivity index (χ1n) is 10.2. The first-order chi connectivity index (χ1) is 13.0. The lowest BCUT2D eigenvalue weighted by molar-refractivity contribution is -0.122. The van der Waals surface area contributed by atoms with Crippen LogP contribution in [0.4, 0.5) is 0 Å². The largest absolute Gasteiger partial charge is 0.477 e. The molecule has 0 saturated carbocycles. The summed E-state index contributed by atoms with van der Waals surface area (Å²) in [5.41, 5.74) is 0.105. The van der Waals surface area contributed by atoms with Crippen LogP contribution in [0.5, 0.6) is 0 Å². The number of carbonyl (C=O) groups is 2. The molecule has 1 amide bonds. The van der Waals surface area contributed by atoms with Crippen LogP contribution < -0.4 is 5.32 Å². The molecule has 0 fully saturated rings. The quantitative estimate of drug-likeness (QED) is 0.456. The molecular formula is C20H36N4O3. The fraction of sp³-hybridized carbons (Fsp3) is 0.750. The normalized spacial score (nSPS) is 12.3. The van der Waals surface area contributed by atoms with Crippen molar-refractivity contribution in [3.05, 3.63) is 18.0 Å². The Hall–Kier alpha value is -1.89. The molecule has 154 valence electrons. The lowest BCUT2D eigenvalue weighted by atomic mass is 10.2. The third-order valence-corrected chi connectivity index (χ3v) is 4.58. The molecule has 2 N–H and O–H groups in total. The Kier molecular flexibility index (Phi) is 11.4. The van der Waals surface area contributed by atoms with Gasteiger partial charge in [-0.25, -0.2) is 4.79 Å². The number of carboxylic acids is 1. The topological polar surface area (TPSA) is 87.5 Å². The number of unbranched alkanes of at least 4 members (excludes halogenated alkanes) is 4. The van der Waals surface area contributed by atoms with E-state index in [4.69, 9.17) is 5.11 Å². The van der Waals surface area contributed by atoms with Crippen molar-refractivity contribution in [3.63, 3.8) is 0 Å². The number of aromatic nitrogens is 2. The number of nitrogens with zero attached hydrogens (tertiary/aromatic N) is 3. The summed E-state index contributed by atoms with van der Waals surface area (Å²) in [5.74, 6) is -1.10. The third kappa shape index (κ3) is 9.56. The highest BCUT2D eigenvalue weighted by Crippen LogP contribution is 2.05. The minimum absolute atomic E-state index is 0.0670. The first kappa shape index (κ1) is 23.1. The van der Waals surface area contributed by atoms with E-state index in [2.05, 4.69) is 29.2 Å². The molecular weight excluding hydrogens is 344 g/mol. The third-order valence-electron chi connectivity index (χ3n) is 4.58. The molecule has 0 radical (unpaired) electrons. The number of carbonyl (C=O) groups excluding carboxylic acids is 1. The van der Waals surface area contributed by atoms with Gasteiger partial charge in [0, 0.05) is 25.2 Å². The van der Waals surface area contributed by atoms with E-state index in [1.54, 1.807) is 0 Å². The highest BCUT2D eigenvalue weighted by molar-refractivity contribution is 5.85. The highest BCUT2D eigenvalue weighted by Gasteiger charge is 2.14. The van der Waals surface area contributed by atoms with Gasteiger partial charge < -0.3 is 15.3 Å². The number of rotatable bonds is 15. The van der Waals surface area contributed by atoms with Gasteiger partial charge in [-0.15, -0.1) is 0 Å². The van der Waals surface area contributed by atoms with Gasteiger partial charge in [-0.3, -0.25) is 9.48 Å².